The van der Waals surface area contributed by atoms with Crippen LogP contribution in [0.15, 0.2) is 42.6 Å². The van der Waals surface area contributed by atoms with E-state index in [2.05, 4.69) is 15.6 Å². The van der Waals surface area contributed by atoms with Crippen molar-refractivity contribution in [1.29, 1.82) is 0 Å². The Labute approximate surface area is 123 Å². The predicted molar refractivity (Wildman–Crippen MR) is 80.7 cm³/mol. The molecule has 0 fully saturated rings. The standard InChI is InChI=1S/C16H18FN3O/c1-3-18-15-12(7-6-8-13(15)17)16(21)20-11(2)14-9-4-5-10-19-14/h4-11,18H,3H2,1-2H3,(H,20,21). The van der Waals surface area contributed by atoms with Crippen molar-refractivity contribution in [3.05, 3.63) is 59.7 Å². The molecular weight excluding hydrogens is 269 g/mol. The van der Waals surface area contributed by atoms with Crippen LogP contribution < -0.4 is 10.6 Å². The van der Waals surface area contributed by atoms with Gasteiger partial charge in [0, 0.05) is 12.7 Å². The maximum Gasteiger partial charge on any atom is 0.254 e. The number of carbonyl (C=O) groups is 1. The maximum atomic E-state index is 13.8. The molecule has 2 N–H and O–H groups in total. The van der Waals surface area contributed by atoms with Crippen LogP contribution in [0.3, 0.4) is 0 Å². The van der Waals surface area contributed by atoms with Gasteiger partial charge in [0.05, 0.1) is 23.0 Å². The smallest absolute Gasteiger partial charge is 0.254 e. The quantitative estimate of drug-likeness (QED) is 0.888. The molecule has 110 valence electrons. The monoisotopic (exact) mass is 287 g/mol. The molecule has 1 aromatic carbocycles. The fraction of sp³-hybridized carbons (Fsp3) is 0.250. The lowest BCUT2D eigenvalue weighted by atomic mass is 10.1. The Balaban J connectivity index is 2.19. The Morgan fingerprint density at radius 3 is 2.76 bits per heavy atom. The van der Waals surface area contributed by atoms with Crippen LogP contribution >= 0.6 is 0 Å². The first-order valence-electron chi connectivity index (χ1n) is 6.87. The van der Waals surface area contributed by atoms with Gasteiger partial charge in [-0.3, -0.25) is 9.78 Å². The lowest BCUT2D eigenvalue weighted by Crippen LogP contribution is -2.28. The molecule has 1 atom stereocenters. The highest BCUT2D eigenvalue weighted by Gasteiger charge is 2.17. The average Bonchev–Trinajstić information content (AvgIpc) is 2.50. The van der Waals surface area contributed by atoms with Gasteiger partial charge in [-0.25, -0.2) is 4.39 Å². The SMILES string of the molecule is CCNc1c(F)cccc1C(=O)NC(C)c1ccccn1. The van der Waals surface area contributed by atoms with E-state index in [1.807, 2.05) is 32.0 Å². The van der Waals surface area contributed by atoms with E-state index in [9.17, 15) is 9.18 Å². The summed E-state index contributed by atoms with van der Waals surface area (Å²) in [7, 11) is 0. The summed E-state index contributed by atoms with van der Waals surface area (Å²) < 4.78 is 13.8. The number of benzene rings is 1. The normalized spacial score (nSPS) is 11.8. The minimum absolute atomic E-state index is 0.228. The van der Waals surface area contributed by atoms with Crippen molar-refractivity contribution in [1.82, 2.24) is 10.3 Å². The second-order valence-electron chi connectivity index (χ2n) is 4.64. The number of halogens is 1. The van der Waals surface area contributed by atoms with Crippen LogP contribution in [0, 0.1) is 5.82 Å². The van der Waals surface area contributed by atoms with E-state index in [-0.39, 0.29) is 17.6 Å². The third-order valence-electron chi connectivity index (χ3n) is 3.09. The molecular formula is C16H18FN3O. The maximum absolute atomic E-state index is 13.8. The van der Waals surface area contributed by atoms with Crippen molar-refractivity contribution >= 4 is 11.6 Å². The van der Waals surface area contributed by atoms with Gasteiger partial charge in [0.15, 0.2) is 0 Å². The highest BCUT2D eigenvalue weighted by Crippen LogP contribution is 2.20. The summed E-state index contributed by atoms with van der Waals surface area (Å²) in [6.45, 7) is 4.23. The molecule has 0 aliphatic carbocycles. The molecule has 4 nitrogen and oxygen atoms in total. The van der Waals surface area contributed by atoms with Gasteiger partial charge in [-0.1, -0.05) is 12.1 Å². The molecule has 1 unspecified atom stereocenters. The molecule has 1 heterocycles. The van der Waals surface area contributed by atoms with Crippen molar-refractivity contribution < 1.29 is 9.18 Å². The van der Waals surface area contributed by atoms with Crippen LogP contribution in [0.1, 0.15) is 35.9 Å². The second-order valence-corrected chi connectivity index (χ2v) is 4.64. The van der Waals surface area contributed by atoms with E-state index in [1.54, 1.807) is 12.3 Å². The largest absolute Gasteiger partial charge is 0.382 e. The fourth-order valence-corrected chi connectivity index (χ4v) is 2.05. The van der Waals surface area contributed by atoms with Crippen molar-refractivity contribution in [2.45, 2.75) is 19.9 Å². The van der Waals surface area contributed by atoms with E-state index >= 15 is 0 Å². The Kier molecular flexibility index (Phi) is 4.87. The van der Waals surface area contributed by atoms with E-state index in [0.717, 1.165) is 5.69 Å². The van der Waals surface area contributed by atoms with Crippen molar-refractivity contribution in [3.8, 4) is 0 Å². The Bertz CT molecular complexity index is 616. The van der Waals surface area contributed by atoms with Crippen molar-refractivity contribution in [2.75, 3.05) is 11.9 Å². The van der Waals surface area contributed by atoms with Crippen LogP contribution in [0.4, 0.5) is 10.1 Å². The summed E-state index contributed by atoms with van der Waals surface area (Å²) in [5, 5.41) is 5.72. The molecule has 0 bridgehead atoms. The van der Waals surface area contributed by atoms with Gasteiger partial charge in [-0.15, -0.1) is 0 Å². The minimum Gasteiger partial charge on any atom is -0.382 e. The van der Waals surface area contributed by atoms with Crippen LogP contribution in [0.25, 0.3) is 0 Å². The zero-order valence-electron chi connectivity index (χ0n) is 12.1. The highest BCUT2D eigenvalue weighted by atomic mass is 19.1. The molecule has 0 radical (unpaired) electrons. The fourth-order valence-electron chi connectivity index (χ4n) is 2.05. The zero-order chi connectivity index (χ0) is 15.2. The number of rotatable bonds is 5. The zero-order valence-corrected chi connectivity index (χ0v) is 12.1. The van der Waals surface area contributed by atoms with Crippen molar-refractivity contribution in [2.24, 2.45) is 0 Å². The number of para-hydroxylation sites is 1. The van der Waals surface area contributed by atoms with Gasteiger partial charge in [0.2, 0.25) is 0 Å². The lowest BCUT2D eigenvalue weighted by molar-refractivity contribution is 0.0939. The molecule has 0 aliphatic heterocycles. The molecule has 21 heavy (non-hydrogen) atoms. The molecule has 5 heteroatoms. The summed E-state index contributed by atoms with van der Waals surface area (Å²) in [6, 6.07) is 9.71. The van der Waals surface area contributed by atoms with Gasteiger partial charge in [0.1, 0.15) is 5.82 Å². The summed E-state index contributed by atoms with van der Waals surface area (Å²) in [5.41, 5.74) is 1.28. The summed E-state index contributed by atoms with van der Waals surface area (Å²) in [6.07, 6.45) is 1.67. The molecule has 0 spiro atoms. The van der Waals surface area contributed by atoms with Gasteiger partial charge in [-0.05, 0) is 38.1 Å². The van der Waals surface area contributed by atoms with Crippen LogP contribution in [0.2, 0.25) is 0 Å². The van der Waals surface area contributed by atoms with Gasteiger partial charge in [-0.2, -0.15) is 0 Å². The molecule has 2 rings (SSSR count). The van der Waals surface area contributed by atoms with E-state index in [0.29, 0.717) is 12.1 Å². The van der Waals surface area contributed by atoms with E-state index < -0.39 is 5.82 Å². The van der Waals surface area contributed by atoms with E-state index in [1.165, 1.54) is 12.1 Å². The second kappa shape index (κ2) is 6.83. The van der Waals surface area contributed by atoms with Gasteiger partial charge >= 0.3 is 0 Å². The van der Waals surface area contributed by atoms with Crippen molar-refractivity contribution in [3.63, 3.8) is 0 Å². The summed E-state index contributed by atoms with van der Waals surface area (Å²) in [4.78, 5) is 16.5. The predicted octanol–water partition coefficient (Wildman–Crippen LogP) is 3.14. The first-order valence-corrected chi connectivity index (χ1v) is 6.87. The lowest BCUT2D eigenvalue weighted by Gasteiger charge is -2.16. The molecule has 2 aromatic rings. The number of nitrogens with zero attached hydrogens (tertiary/aromatic N) is 1. The molecule has 0 saturated carbocycles. The highest BCUT2D eigenvalue weighted by molar-refractivity contribution is 5.99. The van der Waals surface area contributed by atoms with E-state index in [4.69, 9.17) is 0 Å². The number of carbonyl (C=O) groups excluding carboxylic acids is 1. The van der Waals surface area contributed by atoms with Crippen LogP contribution in [0.5, 0.6) is 0 Å². The molecule has 0 saturated heterocycles. The molecule has 1 aromatic heterocycles. The number of aromatic nitrogens is 1. The number of nitrogens with one attached hydrogen (secondary N) is 2. The first-order chi connectivity index (χ1) is 10.1. The topological polar surface area (TPSA) is 54.0 Å². The Hall–Kier alpha value is -2.43. The third-order valence-corrected chi connectivity index (χ3v) is 3.09. The van der Waals surface area contributed by atoms with Gasteiger partial charge < -0.3 is 10.6 Å². The number of hydrogen-bond acceptors (Lipinski definition) is 3. The molecule has 0 aliphatic rings. The van der Waals surface area contributed by atoms with Crippen LogP contribution in [-0.2, 0) is 0 Å². The number of anilines is 1. The number of pyridine rings is 1. The van der Waals surface area contributed by atoms with Crippen LogP contribution in [-0.4, -0.2) is 17.4 Å². The number of amides is 1. The first kappa shape index (κ1) is 15.0. The minimum atomic E-state index is -0.435. The average molecular weight is 287 g/mol. The Morgan fingerprint density at radius 2 is 2.10 bits per heavy atom. The third kappa shape index (κ3) is 3.56. The molecule has 1 amide bonds. The Morgan fingerprint density at radius 1 is 1.29 bits per heavy atom. The summed E-state index contributed by atoms with van der Waals surface area (Å²) in [5.74, 6) is -0.765. The van der Waals surface area contributed by atoms with Gasteiger partial charge in [0.25, 0.3) is 5.91 Å². The number of hydrogen-bond donors (Lipinski definition) is 2. The summed E-state index contributed by atoms with van der Waals surface area (Å²) >= 11 is 0.